The van der Waals surface area contributed by atoms with Crippen molar-refractivity contribution in [2.45, 2.75) is 33.7 Å². The summed E-state index contributed by atoms with van der Waals surface area (Å²) in [6, 6.07) is 8.76. The Morgan fingerprint density at radius 1 is 1.05 bits per heavy atom. The van der Waals surface area contributed by atoms with Gasteiger partial charge in [-0.25, -0.2) is 9.97 Å². The molecular formula is C27H32N8O3S. The van der Waals surface area contributed by atoms with E-state index < -0.39 is 0 Å². The molecule has 11 nitrogen and oxygen atoms in total. The zero-order valence-corrected chi connectivity index (χ0v) is 23.2. The van der Waals surface area contributed by atoms with Gasteiger partial charge in [0, 0.05) is 38.6 Å². The summed E-state index contributed by atoms with van der Waals surface area (Å²) >= 11 is 1.05. The molecule has 4 aromatic rings. The summed E-state index contributed by atoms with van der Waals surface area (Å²) in [5.74, 6) is 3.21. The fourth-order valence-electron chi connectivity index (χ4n) is 4.51. The minimum atomic E-state index is -0.233. The second-order valence-corrected chi connectivity index (χ2v) is 10.4. The summed E-state index contributed by atoms with van der Waals surface area (Å²) in [5, 5.41) is 17.7. The van der Waals surface area contributed by atoms with Crippen LogP contribution < -0.4 is 15.5 Å². The average molecular weight is 549 g/mol. The van der Waals surface area contributed by atoms with Gasteiger partial charge in [0.2, 0.25) is 5.95 Å². The van der Waals surface area contributed by atoms with Crippen LogP contribution in [0.4, 0.5) is 23.3 Å². The topological polar surface area (TPSA) is 133 Å². The summed E-state index contributed by atoms with van der Waals surface area (Å²) in [6.45, 7) is 10.4. The minimum Gasteiger partial charge on any atom is -0.505 e. The lowest BCUT2D eigenvalue weighted by molar-refractivity contribution is 0.0743. The molecule has 1 saturated heterocycles. The number of aryl methyl sites for hydroxylation is 2. The molecule has 3 aromatic heterocycles. The van der Waals surface area contributed by atoms with Crippen LogP contribution in [-0.4, -0.2) is 60.8 Å². The van der Waals surface area contributed by atoms with Crippen molar-refractivity contribution in [2.24, 2.45) is 5.92 Å². The van der Waals surface area contributed by atoms with E-state index in [1.165, 1.54) is 0 Å². The Labute approximate surface area is 231 Å². The zero-order chi connectivity index (χ0) is 27.5. The van der Waals surface area contributed by atoms with Crippen LogP contribution in [0, 0.1) is 19.8 Å². The quantitative estimate of drug-likeness (QED) is 0.265. The van der Waals surface area contributed by atoms with Gasteiger partial charge in [0.15, 0.2) is 17.4 Å². The van der Waals surface area contributed by atoms with Crippen LogP contribution in [0.5, 0.6) is 5.75 Å². The molecule has 1 fully saturated rings. The number of phenolic OH excluding ortho intramolecular Hbond substituents is 1. The highest BCUT2D eigenvalue weighted by Crippen LogP contribution is 2.36. The number of amides is 1. The van der Waals surface area contributed by atoms with Gasteiger partial charge in [-0.05, 0) is 49.6 Å². The molecule has 204 valence electrons. The Balaban J connectivity index is 1.29. The molecular weight excluding hydrogens is 516 g/mol. The molecule has 1 aliphatic heterocycles. The highest BCUT2D eigenvalue weighted by molar-refractivity contribution is 6.99. The standard InChI is InChI=1S/C27H32N8O3S/c1-16(2)22(21-15-17(3)18(4)38-21)31-25-24(32-39-33-25)30-20-8-5-7-19(23(20)36)26(37)34-11-13-35(14-12-34)27-28-9-6-10-29-27/h5-10,15-16,22,36H,11-14H2,1-4H3,(H,30,32)(H,31,33)/t22-/m1/s1. The van der Waals surface area contributed by atoms with Crippen molar-refractivity contribution < 1.29 is 14.3 Å². The molecule has 0 aliphatic carbocycles. The third-order valence-corrected chi connectivity index (χ3v) is 7.39. The number of aromatic hydroxyl groups is 1. The zero-order valence-electron chi connectivity index (χ0n) is 22.4. The van der Waals surface area contributed by atoms with Gasteiger partial charge in [-0.15, -0.1) is 0 Å². The van der Waals surface area contributed by atoms with E-state index in [0.29, 0.717) is 49.5 Å². The number of aromatic nitrogens is 4. The summed E-state index contributed by atoms with van der Waals surface area (Å²) in [4.78, 5) is 25.7. The number of piperazine rings is 1. The Morgan fingerprint density at radius 3 is 2.44 bits per heavy atom. The number of hydrogen-bond donors (Lipinski definition) is 3. The number of benzene rings is 1. The Bertz CT molecular complexity index is 1410. The summed E-state index contributed by atoms with van der Waals surface area (Å²) in [7, 11) is 0. The maximum absolute atomic E-state index is 13.3. The molecule has 0 radical (unpaired) electrons. The van der Waals surface area contributed by atoms with Gasteiger partial charge >= 0.3 is 0 Å². The van der Waals surface area contributed by atoms with Crippen LogP contribution in [0.25, 0.3) is 0 Å². The fourth-order valence-corrected chi connectivity index (χ4v) is 4.99. The summed E-state index contributed by atoms with van der Waals surface area (Å²) in [5.41, 5.74) is 1.69. The molecule has 1 amide bonds. The van der Waals surface area contributed by atoms with Gasteiger partial charge in [0.05, 0.1) is 29.0 Å². The first kappa shape index (κ1) is 26.4. The van der Waals surface area contributed by atoms with Gasteiger partial charge in [-0.3, -0.25) is 4.79 Å². The third-order valence-electron chi connectivity index (χ3n) is 6.86. The molecule has 1 aromatic carbocycles. The third kappa shape index (κ3) is 5.65. The smallest absolute Gasteiger partial charge is 0.257 e. The molecule has 12 heteroatoms. The number of phenols is 1. The molecule has 1 atom stereocenters. The van der Waals surface area contributed by atoms with Crippen LogP contribution in [0.3, 0.4) is 0 Å². The molecule has 1 aliphatic rings. The predicted molar refractivity (Wildman–Crippen MR) is 151 cm³/mol. The number of rotatable bonds is 8. The lowest BCUT2D eigenvalue weighted by Crippen LogP contribution is -2.49. The van der Waals surface area contributed by atoms with Crippen molar-refractivity contribution in [3.8, 4) is 5.75 Å². The Kier molecular flexibility index (Phi) is 7.64. The second kappa shape index (κ2) is 11.3. The van der Waals surface area contributed by atoms with Crippen LogP contribution in [0.1, 0.15) is 47.3 Å². The summed E-state index contributed by atoms with van der Waals surface area (Å²) < 4.78 is 14.8. The highest BCUT2D eigenvalue weighted by Gasteiger charge is 2.27. The number of carbonyl (C=O) groups excluding carboxylic acids is 1. The molecule has 3 N–H and O–H groups in total. The van der Waals surface area contributed by atoms with Gasteiger partial charge in [-0.2, -0.15) is 8.75 Å². The van der Waals surface area contributed by atoms with E-state index in [0.717, 1.165) is 28.8 Å². The van der Waals surface area contributed by atoms with E-state index in [1.54, 1.807) is 41.6 Å². The monoisotopic (exact) mass is 548 g/mol. The largest absolute Gasteiger partial charge is 0.505 e. The van der Waals surface area contributed by atoms with Crippen molar-refractivity contribution in [2.75, 3.05) is 41.7 Å². The molecule has 0 unspecified atom stereocenters. The van der Waals surface area contributed by atoms with Crippen LogP contribution in [-0.2, 0) is 0 Å². The number of para-hydroxylation sites is 1. The maximum Gasteiger partial charge on any atom is 0.257 e. The van der Waals surface area contributed by atoms with E-state index >= 15 is 0 Å². The van der Waals surface area contributed by atoms with E-state index in [-0.39, 0.29) is 29.2 Å². The SMILES string of the molecule is Cc1cc([C@H](Nc2nsnc2Nc2cccc(C(=O)N3CCN(c4ncccn4)CC3)c2O)C(C)C)oc1C. The van der Waals surface area contributed by atoms with Crippen molar-refractivity contribution in [1.29, 1.82) is 0 Å². The van der Waals surface area contributed by atoms with Crippen LogP contribution in [0.2, 0.25) is 0 Å². The van der Waals surface area contributed by atoms with Gasteiger partial charge < -0.3 is 30.0 Å². The van der Waals surface area contributed by atoms with Crippen LogP contribution >= 0.6 is 11.7 Å². The lowest BCUT2D eigenvalue weighted by atomic mass is 10.0. The number of furan rings is 1. The fraction of sp³-hybridized carbons (Fsp3) is 0.370. The van der Waals surface area contributed by atoms with E-state index in [4.69, 9.17) is 4.42 Å². The van der Waals surface area contributed by atoms with E-state index in [9.17, 15) is 9.90 Å². The average Bonchev–Trinajstić information content (AvgIpc) is 3.53. The van der Waals surface area contributed by atoms with E-state index in [1.807, 2.05) is 24.8 Å². The molecule has 0 saturated carbocycles. The first-order valence-electron chi connectivity index (χ1n) is 12.9. The number of nitrogens with one attached hydrogen (secondary N) is 2. The first-order chi connectivity index (χ1) is 18.8. The molecule has 39 heavy (non-hydrogen) atoms. The maximum atomic E-state index is 13.3. The Morgan fingerprint density at radius 2 is 1.77 bits per heavy atom. The Hall–Kier alpha value is -4.19. The lowest BCUT2D eigenvalue weighted by Gasteiger charge is -2.34. The molecule has 0 bridgehead atoms. The molecule has 5 rings (SSSR count). The second-order valence-electron chi connectivity index (χ2n) is 9.87. The summed E-state index contributed by atoms with van der Waals surface area (Å²) in [6.07, 6.45) is 3.41. The number of carbonyl (C=O) groups is 1. The minimum absolute atomic E-state index is 0.122. The van der Waals surface area contributed by atoms with Crippen LogP contribution in [0.15, 0.2) is 47.1 Å². The van der Waals surface area contributed by atoms with Crippen molar-refractivity contribution in [3.63, 3.8) is 0 Å². The number of nitrogens with zero attached hydrogens (tertiary/aromatic N) is 6. The number of hydrogen-bond acceptors (Lipinski definition) is 11. The van der Waals surface area contributed by atoms with Crippen molar-refractivity contribution >= 4 is 40.9 Å². The normalized spacial score (nSPS) is 14.5. The molecule has 0 spiro atoms. The van der Waals surface area contributed by atoms with Gasteiger partial charge in [0.25, 0.3) is 5.91 Å². The van der Waals surface area contributed by atoms with Gasteiger partial charge in [0.1, 0.15) is 11.5 Å². The van der Waals surface area contributed by atoms with Crippen molar-refractivity contribution in [1.82, 2.24) is 23.6 Å². The van der Waals surface area contributed by atoms with Crippen molar-refractivity contribution in [3.05, 3.63) is 65.4 Å². The number of anilines is 4. The van der Waals surface area contributed by atoms with Gasteiger partial charge in [-0.1, -0.05) is 19.9 Å². The first-order valence-corrected chi connectivity index (χ1v) is 13.6. The predicted octanol–water partition coefficient (Wildman–Crippen LogP) is 4.76. The van der Waals surface area contributed by atoms with E-state index in [2.05, 4.69) is 43.2 Å². The molecule has 4 heterocycles. The highest BCUT2D eigenvalue weighted by atomic mass is 32.1.